The van der Waals surface area contributed by atoms with E-state index >= 15 is 0 Å². The van der Waals surface area contributed by atoms with Crippen LogP contribution in [-0.2, 0) is 0 Å². The molecule has 0 spiro atoms. The molecule has 1 rings (SSSR count). The van der Waals surface area contributed by atoms with Gasteiger partial charge < -0.3 is 30.3 Å². The number of aryl methyl sites for hydroxylation is 1. The van der Waals surface area contributed by atoms with Crippen molar-refractivity contribution in [2.45, 2.75) is 6.92 Å². The van der Waals surface area contributed by atoms with E-state index in [2.05, 4.69) is 10.1 Å². The van der Waals surface area contributed by atoms with Gasteiger partial charge in [-0.1, -0.05) is 4.68 Å². The summed E-state index contributed by atoms with van der Waals surface area (Å²) in [6.07, 6.45) is -1.52. The van der Waals surface area contributed by atoms with Crippen LogP contribution >= 0.6 is 0 Å². The van der Waals surface area contributed by atoms with Gasteiger partial charge >= 0.3 is 63.6 Å². The quantitative estimate of drug-likeness (QED) is 0.234. The summed E-state index contributed by atoms with van der Waals surface area (Å²) in [6.45, 7) is 1.12. The zero-order valence-electron chi connectivity index (χ0n) is 8.63. The van der Waals surface area contributed by atoms with Gasteiger partial charge in [0, 0.05) is 0 Å². The first-order valence-electron chi connectivity index (χ1n) is 3.58. The van der Waals surface area contributed by atoms with Gasteiger partial charge in [-0.25, -0.2) is 0 Å². The van der Waals surface area contributed by atoms with E-state index in [-0.39, 0.29) is 61.9 Å². The average molecular weight is 270 g/mol. The normalized spacial score (nSPS) is 9.24. The van der Waals surface area contributed by atoms with Crippen molar-refractivity contribution in [2.75, 3.05) is 0 Å². The van der Waals surface area contributed by atoms with Crippen molar-refractivity contribution in [3.05, 3.63) is 42.5 Å². The second kappa shape index (κ2) is 5.96. The second-order valence-electron chi connectivity index (χ2n) is 2.44. The molecule has 0 aliphatic heterocycles. The van der Waals surface area contributed by atoms with Crippen molar-refractivity contribution in [3.8, 4) is 0 Å². The Morgan fingerprint density at radius 3 is 1.94 bits per heavy atom. The summed E-state index contributed by atoms with van der Waals surface area (Å²) in [5.74, 6) is -1.27. The third kappa shape index (κ3) is 3.40. The van der Waals surface area contributed by atoms with Gasteiger partial charge in [0.1, 0.15) is 5.10 Å². The molecule has 1 aromatic heterocycles. The van der Waals surface area contributed by atoms with Crippen LogP contribution in [0.5, 0.6) is 0 Å². The first kappa shape index (κ1) is 15.8. The van der Waals surface area contributed by atoms with E-state index in [1.165, 1.54) is 0 Å². The van der Waals surface area contributed by atoms with Gasteiger partial charge in [0.05, 0.1) is 0 Å². The Kier molecular flexibility index (Phi) is 5.56. The summed E-state index contributed by atoms with van der Waals surface area (Å²) in [5, 5.41) is 34.0. The van der Waals surface area contributed by atoms with Gasteiger partial charge in [-0.05, 0) is 21.7 Å². The molecule has 0 amide bonds. The molecule has 17 heavy (non-hydrogen) atoms. The third-order valence-corrected chi connectivity index (χ3v) is 1.44. The largest absolute Gasteiger partial charge is 1.00 e. The molecular formula is C4H3KN6O6. The van der Waals surface area contributed by atoms with E-state index in [1.807, 2.05) is 0 Å². The third-order valence-electron chi connectivity index (χ3n) is 1.44. The summed E-state index contributed by atoms with van der Waals surface area (Å²) >= 11 is 0. The van der Waals surface area contributed by atoms with E-state index in [0.29, 0.717) is 0 Å². The molecule has 0 bridgehead atoms. The molecule has 0 aliphatic rings. The molecular weight excluding hydrogens is 267 g/mol. The van der Waals surface area contributed by atoms with Crippen LogP contribution in [0.25, 0.3) is 0 Å². The van der Waals surface area contributed by atoms with E-state index in [4.69, 9.17) is 0 Å². The van der Waals surface area contributed by atoms with Crippen LogP contribution < -0.4 is 51.4 Å². The van der Waals surface area contributed by atoms with Crippen molar-refractivity contribution in [2.24, 2.45) is 0 Å². The molecule has 0 atom stereocenters. The maximum atomic E-state index is 10.3. The van der Waals surface area contributed by atoms with Crippen molar-refractivity contribution >= 4 is 5.95 Å². The number of hydrogen-bond donors (Lipinski definition) is 0. The Morgan fingerprint density at radius 2 is 1.65 bits per heavy atom. The molecule has 0 radical (unpaired) electrons. The van der Waals surface area contributed by atoms with Crippen molar-refractivity contribution in [3.63, 3.8) is 0 Å². The number of aromatic nitrogens is 3. The van der Waals surface area contributed by atoms with Crippen LogP contribution in [-0.4, -0.2) is 29.5 Å². The SMILES string of the molecule is Cc1nc([N+](=O)[O-])nn1[C-]([N+](=O)[O-])[N+](=O)[O-].[K+]. The molecule has 1 aromatic rings. The smallest absolute Gasteiger partial charge is 0.390 e. The van der Waals surface area contributed by atoms with Crippen molar-refractivity contribution < 1.29 is 66.2 Å². The van der Waals surface area contributed by atoms with Gasteiger partial charge in [-0.3, -0.25) is 0 Å². The summed E-state index contributed by atoms with van der Waals surface area (Å²) in [4.78, 5) is 30.5. The second-order valence-corrected chi connectivity index (χ2v) is 2.44. The molecule has 12 nitrogen and oxygen atoms in total. The van der Waals surface area contributed by atoms with Gasteiger partial charge in [-0.15, -0.1) is 4.98 Å². The van der Waals surface area contributed by atoms with Gasteiger partial charge in [-0.2, -0.15) is 0 Å². The molecule has 0 fully saturated rings. The van der Waals surface area contributed by atoms with Crippen LogP contribution in [0.4, 0.5) is 5.95 Å². The van der Waals surface area contributed by atoms with Crippen LogP contribution in [0.15, 0.2) is 0 Å². The molecule has 0 saturated carbocycles. The Balaban J connectivity index is 0.00000256. The summed E-state index contributed by atoms with van der Waals surface area (Å²) in [6, 6.07) is 0. The number of nitrogens with zero attached hydrogens (tertiary/aromatic N) is 6. The maximum Gasteiger partial charge on any atom is 1.00 e. The minimum absolute atomic E-state index is 0. The Labute approximate surface area is 135 Å². The van der Waals surface area contributed by atoms with Crippen molar-refractivity contribution in [1.82, 2.24) is 14.8 Å². The molecule has 0 saturated heterocycles. The summed E-state index contributed by atoms with van der Waals surface area (Å²) in [7, 11) is 0. The summed E-state index contributed by atoms with van der Waals surface area (Å²) in [5.41, 5.74) is 0. The van der Waals surface area contributed by atoms with Crippen LogP contribution in [0, 0.1) is 43.6 Å². The first-order valence-corrected chi connectivity index (χ1v) is 3.58. The standard InChI is InChI=1S/C4H3N6O6.K/c1-2-5-3(8(11)12)6-7(2)4(9(13)14)10(15)16;/h1H3;/q-1;+1. The van der Waals surface area contributed by atoms with Gasteiger partial charge in [0.15, 0.2) is 5.82 Å². The molecule has 1 heterocycles. The Morgan fingerprint density at radius 1 is 1.18 bits per heavy atom. The van der Waals surface area contributed by atoms with Crippen LogP contribution in [0.2, 0.25) is 0 Å². The first-order chi connectivity index (χ1) is 7.34. The van der Waals surface area contributed by atoms with E-state index in [1.54, 1.807) is 0 Å². The zero-order chi connectivity index (χ0) is 12.5. The van der Waals surface area contributed by atoms with Crippen molar-refractivity contribution in [1.29, 1.82) is 0 Å². The molecule has 0 aliphatic carbocycles. The average Bonchev–Trinajstić information content (AvgIpc) is 2.47. The van der Waals surface area contributed by atoms with E-state index in [9.17, 15) is 30.3 Å². The van der Waals surface area contributed by atoms with Gasteiger partial charge in [0.25, 0.3) is 0 Å². The minimum Gasteiger partial charge on any atom is -0.390 e. The Hall–Kier alpha value is -1.15. The minimum atomic E-state index is -1.52. The molecule has 0 unspecified atom stereocenters. The molecule has 0 N–H and O–H groups in total. The van der Waals surface area contributed by atoms with Crippen LogP contribution in [0.3, 0.4) is 0 Å². The van der Waals surface area contributed by atoms with E-state index < -0.39 is 27.0 Å². The molecule has 0 aromatic carbocycles. The van der Waals surface area contributed by atoms with E-state index in [0.717, 1.165) is 6.92 Å². The topological polar surface area (TPSA) is 160 Å². The Bertz CT molecular complexity index is 457. The molecule has 86 valence electrons. The van der Waals surface area contributed by atoms with Gasteiger partial charge in [0.2, 0.25) is 0 Å². The predicted molar refractivity (Wildman–Crippen MR) is 44.0 cm³/mol. The molecule has 13 heteroatoms. The number of hydrogen-bond acceptors (Lipinski definition) is 8. The fourth-order valence-corrected chi connectivity index (χ4v) is 0.864. The number of rotatable bonds is 4. The fraction of sp³-hybridized carbons (Fsp3) is 0.250. The predicted octanol–water partition coefficient (Wildman–Crippen LogP) is -3.65. The number of nitro groups is 3. The van der Waals surface area contributed by atoms with Crippen LogP contribution in [0.1, 0.15) is 5.82 Å². The fourth-order valence-electron chi connectivity index (χ4n) is 0.864. The maximum absolute atomic E-state index is 10.3. The monoisotopic (exact) mass is 270 g/mol. The zero-order valence-corrected chi connectivity index (χ0v) is 11.8. The summed E-state index contributed by atoms with van der Waals surface area (Å²) < 4.78 is 0.193.